The maximum Gasteiger partial charge on any atom is 0.418 e. The molecule has 156 valence electrons. The highest BCUT2D eigenvalue weighted by molar-refractivity contribution is 5.93. The van der Waals surface area contributed by atoms with Gasteiger partial charge in [0, 0.05) is 5.56 Å². The normalized spacial score (nSPS) is 11.2. The van der Waals surface area contributed by atoms with Crippen molar-refractivity contribution in [1.29, 1.82) is 0 Å². The first-order valence-corrected chi connectivity index (χ1v) is 8.69. The topological polar surface area (TPSA) is 99.0 Å². The maximum atomic E-state index is 12.9. The fourth-order valence-electron chi connectivity index (χ4n) is 2.46. The molecule has 0 saturated heterocycles. The highest BCUT2D eigenvalue weighted by Crippen LogP contribution is 2.34. The third-order valence-corrected chi connectivity index (χ3v) is 3.90. The van der Waals surface area contributed by atoms with Gasteiger partial charge in [-0.3, -0.25) is 4.79 Å². The molecule has 1 heterocycles. The summed E-state index contributed by atoms with van der Waals surface area (Å²) in [6.07, 6.45) is -4.63. The fourth-order valence-corrected chi connectivity index (χ4v) is 2.46. The number of carbonyl (C=O) groups is 2. The number of tetrazole rings is 1. The van der Waals surface area contributed by atoms with Gasteiger partial charge in [-0.05, 0) is 24.3 Å². The number of aromatic nitrogens is 4. The van der Waals surface area contributed by atoms with Crippen molar-refractivity contribution in [3.8, 4) is 11.4 Å². The Morgan fingerprint density at radius 1 is 1.10 bits per heavy atom. The van der Waals surface area contributed by atoms with E-state index >= 15 is 0 Å². The Hall–Kier alpha value is -3.76. The third-order valence-electron chi connectivity index (χ3n) is 3.90. The molecule has 11 heteroatoms. The predicted octanol–water partition coefficient (Wildman–Crippen LogP) is 2.85. The van der Waals surface area contributed by atoms with E-state index < -0.39 is 42.5 Å². The number of alkyl halides is 3. The molecule has 0 aliphatic carbocycles. The summed E-state index contributed by atoms with van der Waals surface area (Å²) in [5.41, 5.74) is 0.348. The van der Waals surface area contributed by atoms with Crippen LogP contribution < -0.4 is 5.32 Å². The molecule has 30 heavy (non-hydrogen) atoms. The lowest BCUT2D eigenvalue weighted by atomic mass is 10.1. The SMILES string of the molecule is Cc1ccc(-c2nnn(CC(=O)OCC(=O)Nc3ccccc3C(F)(F)F)n2)cc1. The fraction of sp³-hybridized carbons (Fsp3) is 0.211. The number of hydrogen-bond donors (Lipinski definition) is 1. The molecule has 0 atom stereocenters. The monoisotopic (exact) mass is 419 g/mol. The van der Waals surface area contributed by atoms with Crippen molar-refractivity contribution in [1.82, 2.24) is 20.2 Å². The van der Waals surface area contributed by atoms with E-state index in [0.29, 0.717) is 11.4 Å². The number of esters is 1. The van der Waals surface area contributed by atoms with Crippen LogP contribution in [0.2, 0.25) is 0 Å². The van der Waals surface area contributed by atoms with Crippen LogP contribution in [0.25, 0.3) is 11.4 Å². The van der Waals surface area contributed by atoms with E-state index in [1.807, 2.05) is 19.1 Å². The van der Waals surface area contributed by atoms with Gasteiger partial charge in [0.25, 0.3) is 5.91 Å². The number of benzene rings is 2. The predicted molar refractivity (Wildman–Crippen MR) is 99.0 cm³/mol. The van der Waals surface area contributed by atoms with Crippen LogP contribution in [0.15, 0.2) is 48.5 Å². The minimum Gasteiger partial charge on any atom is -0.454 e. The van der Waals surface area contributed by atoms with Gasteiger partial charge < -0.3 is 10.1 Å². The molecule has 0 aliphatic heterocycles. The maximum absolute atomic E-state index is 12.9. The van der Waals surface area contributed by atoms with Gasteiger partial charge in [-0.1, -0.05) is 42.0 Å². The van der Waals surface area contributed by atoms with Crippen molar-refractivity contribution in [3.05, 3.63) is 59.7 Å². The summed E-state index contributed by atoms with van der Waals surface area (Å²) < 4.78 is 43.6. The van der Waals surface area contributed by atoms with Gasteiger partial charge in [0.15, 0.2) is 13.2 Å². The Balaban J connectivity index is 1.53. The number of nitrogens with zero attached hydrogens (tertiary/aromatic N) is 4. The lowest BCUT2D eigenvalue weighted by Gasteiger charge is -2.13. The van der Waals surface area contributed by atoms with Crippen molar-refractivity contribution in [2.24, 2.45) is 0 Å². The molecule has 0 bridgehead atoms. The van der Waals surface area contributed by atoms with Gasteiger partial charge in [0.05, 0.1) is 11.3 Å². The van der Waals surface area contributed by atoms with Crippen LogP contribution in [0.1, 0.15) is 11.1 Å². The van der Waals surface area contributed by atoms with Crippen LogP contribution in [0.3, 0.4) is 0 Å². The van der Waals surface area contributed by atoms with E-state index in [4.69, 9.17) is 4.74 Å². The summed E-state index contributed by atoms with van der Waals surface area (Å²) in [5, 5.41) is 13.7. The minimum atomic E-state index is -4.63. The van der Waals surface area contributed by atoms with Gasteiger partial charge in [-0.2, -0.15) is 18.0 Å². The zero-order valence-corrected chi connectivity index (χ0v) is 15.7. The zero-order valence-electron chi connectivity index (χ0n) is 15.7. The van der Waals surface area contributed by atoms with Crippen LogP contribution >= 0.6 is 0 Å². The number of nitrogens with one attached hydrogen (secondary N) is 1. The number of halogens is 3. The average molecular weight is 419 g/mol. The molecule has 1 aromatic heterocycles. The standard InChI is InChI=1S/C19H16F3N5O3/c1-12-6-8-13(9-7-12)18-24-26-27(25-18)10-17(29)30-11-16(28)23-15-5-3-2-4-14(15)19(20,21)22/h2-9H,10-11H2,1H3,(H,23,28). The second-order valence-electron chi connectivity index (χ2n) is 6.26. The summed E-state index contributed by atoms with van der Waals surface area (Å²) in [6, 6.07) is 11.8. The number of para-hydroxylation sites is 1. The van der Waals surface area contributed by atoms with E-state index in [2.05, 4.69) is 20.7 Å². The van der Waals surface area contributed by atoms with E-state index in [9.17, 15) is 22.8 Å². The summed E-state index contributed by atoms with van der Waals surface area (Å²) in [6.45, 7) is 0.762. The minimum absolute atomic E-state index is 0.310. The van der Waals surface area contributed by atoms with Crippen molar-refractivity contribution in [2.75, 3.05) is 11.9 Å². The number of ether oxygens (including phenoxy) is 1. The highest BCUT2D eigenvalue weighted by Gasteiger charge is 2.33. The van der Waals surface area contributed by atoms with Crippen molar-refractivity contribution in [3.63, 3.8) is 0 Å². The first-order chi connectivity index (χ1) is 14.2. The first-order valence-electron chi connectivity index (χ1n) is 8.69. The van der Waals surface area contributed by atoms with Gasteiger partial charge in [-0.15, -0.1) is 10.2 Å². The van der Waals surface area contributed by atoms with Gasteiger partial charge in [0.2, 0.25) is 5.82 Å². The van der Waals surface area contributed by atoms with Crippen LogP contribution in [-0.4, -0.2) is 38.7 Å². The molecule has 2 aromatic carbocycles. The number of carbonyl (C=O) groups excluding carboxylic acids is 2. The molecule has 3 aromatic rings. The Labute approximate surface area is 168 Å². The molecule has 1 amide bonds. The van der Waals surface area contributed by atoms with Crippen molar-refractivity contribution in [2.45, 2.75) is 19.6 Å². The lowest BCUT2D eigenvalue weighted by Crippen LogP contribution is -2.24. The molecular weight excluding hydrogens is 403 g/mol. The molecule has 0 saturated carbocycles. The Kier molecular flexibility index (Phi) is 6.09. The van der Waals surface area contributed by atoms with Crippen LogP contribution in [0.5, 0.6) is 0 Å². The molecule has 8 nitrogen and oxygen atoms in total. The van der Waals surface area contributed by atoms with Gasteiger partial charge >= 0.3 is 12.1 Å². The quantitative estimate of drug-likeness (QED) is 0.617. The number of anilines is 1. The third kappa shape index (κ3) is 5.40. The number of hydrogen-bond acceptors (Lipinski definition) is 6. The van der Waals surface area contributed by atoms with Gasteiger partial charge in [0.1, 0.15) is 0 Å². The van der Waals surface area contributed by atoms with E-state index in [-0.39, 0.29) is 0 Å². The lowest BCUT2D eigenvalue weighted by molar-refractivity contribution is -0.148. The summed E-state index contributed by atoms with van der Waals surface area (Å²) >= 11 is 0. The Morgan fingerprint density at radius 2 is 1.80 bits per heavy atom. The van der Waals surface area contributed by atoms with Crippen LogP contribution in [-0.2, 0) is 27.0 Å². The smallest absolute Gasteiger partial charge is 0.418 e. The van der Waals surface area contributed by atoms with Gasteiger partial charge in [-0.25, -0.2) is 4.79 Å². The molecule has 0 spiro atoms. The van der Waals surface area contributed by atoms with Crippen LogP contribution in [0.4, 0.5) is 18.9 Å². The number of rotatable bonds is 6. The second-order valence-corrected chi connectivity index (χ2v) is 6.26. The Bertz CT molecular complexity index is 1050. The summed E-state index contributed by atoms with van der Waals surface area (Å²) in [5.74, 6) is -1.45. The Morgan fingerprint density at radius 3 is 2.50 bits per heavy atom. The molecule has 0 aliphatic rings. The molecule has 0 fully saturated rings. The van der Waals surface area contributed by atoms with Crippen LogP contribution in [0, 0.1) is 6.92 Å². The summed E-state index contributed by atoms with van der Waals surface area (Å²) in [7, 11) is 0. The number of aryl methyl sites for hydroxylation is 1. The van der Waals surface area contributed by atoms with Crippen molar-refractivity contribution >= 4 is 17.6 Å². The molecule has 1 N–H and O–H groups in total. The zero-order chi connectivity index (χ0) is 21.7. The first kappa shape index (κ1) is 21.0. The molecule has 0 radical (unpaired) electrons. The van der Waals surface area contributed by atoms with E-state index in [1.165, 1.54) is 12.1 Å². The average Bonchev–Trinajstić information content (AvgIpc) is 3.15. The largest absolute Gasteiger partial charge is 0.454 e. The van der Waals surface area contributed by atoms with Crippen molar-refractivity contribution < 1.29 is 27.5 Å². The molecule has 3 rings (SSSR count). The number of amides is 1. The molecule has 0 unspecified atom stereocenters. The highest BCUT2D eigenvalue weighted by atomic mass is 19.4. The van der Waals surface area contributed by atoms with E-state index in [0.717, 1.165) is 22.5 Å². The van der Waals surface area contributed by atoms with E-state index in [1.54, 1.807) is 12.1 Å². The molecular formula is C19H16F3N5O3. The summed E-state index contributed by atoms with van der Waals surface area (Å²) in [4.78, 5) is 24.7. The second kappa shape index (κ2) is 8.72.